The molecule has 3 rings (SSSR count). The van der Waals surface area contributed by atoms with Crippen LogP contribution in [-0.2, 0) is 12.7 Å². The fraction of sp³-hybridized carbons (Fsp3) is 0.143. The number of pyridine rings is 1. The molecule has 0 aliphatic rings. The minimum atomic E-state index is -4.67. The van der Waals surface area contributed by atoms with Gasteiger partial charge in [0, 0.05) is 11.6 Å². The van der Waals surface area contributed by atoms with Crippen LogP contribution in [0.15, 0.2) is 51.3 Å². The molecule has 8 heteroatoms. The topological polar surface area (TPSA) is 48.0 Å². The number of nitrogens with zero attached hydrogens (tertiary/aromatic N) is 2. The zero-order valence-electron chi connectivity index (χ0n) is 11.0. The molecule has 3 aromatic heterocycles. The molecule has 0 unspecified atom stereocenters. The van der Waals surface area contributed by atoms with Gasteiger partial charge in [-0.15, -0.1) is 11.3 Å². The molecule has 3 heterocycles. The summed E-state index contributed by atoms with van der Waals surface area (Å²) in [6.07, 6.45) is -1.85. The molecule has 0 spiro atoms. The van der Waals surface area contributed by atoms with Crippen molar-refractivity contribution < 1.29 is 17.6 Å². The van der Waals surface area contributed by atoms with Gasteiger partial charge in [-0.05, 0) is 24.3 Å². The lowest BCUT2D eigenvalue weighted by Gasteiger charge is -2.09. The van der Waals surface area contributed by atoms with Crippen LogP contribution < -0.4 is 5.56 Å². The molecule has 114 valence electrons. The average Bonchev–Trinajstić information content (AvgIpc) is 3.10. The van der Waals surface area contributed by atoms with E-state index in [0.29, 0.717) is 16.5 Å². The first-order valence-corrected chi connectivity index (χ1v) is 7.08. The zero-order chi connectivity index (χ0) is 15.7. The van der Waals surface area contributed by atoms with Crippen LogP contribution in [0.25, 0.3) is 10.8 Å². The molecule has 0 aromatic carbocycles. The van der Waals surface area contributed by atoms with Gasteiger partial charge in [-0.25, -0.2) is 4.98 Å². The van der Waals surface area contributed by atoms with Gasteiger partial charge in [0.2, 0.25) is 0 Å². The molecule has 0 fully saturated rings. The van der Waals surface area contributed by atoms with Crippen molar-refractivity contribution in [3.05, 3.63) is 63.7 Å². The third kappa shape index (κ3) is 2.82. The van der Waals surface area contributed by atoms with Crippen molar-refractivity contribution in [3.63, 3.8) is 0 Å². The van der Waals surface area contributed by atoms with Crippen molar-refractivity contribution in [1.29, 1.82) is 0 Å². The molecule has 0 saturated carbocycles. The second-order valence-corrected chi connectivity index (χ2v) is 5.33. The minimum absolute atomic E-state index is 0.0278. The first-order chi connectivity index (χ1) is 10.4. The van der Waals surface area contributed by atoms with Crippen molar-refractivity contribution in [1.82, 2.24) is 9.55 Å². The Kier molecular flexibility index (Phi) is 3.61. The largest absolute Gasteiger partial charge is 0.462 e. The van der Waals surface area contributed by atoms with E-state index in [-0.39, 0.29) is 6.54 Å². The number of halogens is 3. The van der Waals surface area contributed by atoms with Gasteiger partial charge in [0.05, 0.1) is 18.5 Å². The van der Waals surface area contributed by atoms with Crippen LogP contribution in [0.3, 0.4) is 0 Å². The van der Waals surface area contributed by atoms with Gasteiger partial charge in [0.25, 0.3) is 5.56 Å². The van der Waals surface area contributed by atoms with E-state index in [1.54, 1.807) is 17.5 Å². The first-order valence-electron chi connectivity index (χ1n) is 6.20. The summed E-state index contributed by atoms with van der Waals surface area (Å²) in [5, 5.41) is 2.30. The maximum atomic E-state index is 12.7. The number of thiazole rings is 1. The standard InChI is InChI=1S/C14H9F3N2O2S/c15-14(16,17)10-3-1-5-19(13(10)20)7-9-8-22-12(18-9)11-4-2-6-21-11/h1-6,8H,7H2. The van der Waals surface area contributed by atoms with Gasteiger partial charge in [0.15, 0.2) is 10.8 Å². The molecule has 0 bridgehead atoms. The Labute approximate surface area is 126 Å². The van der Waals surface area contributed by atoms with Gasteiger partial charge >= 0.3 is 6.18 Å². The fourth-order valence-electron chi connectivity index (χ4n) is 1.94. The average molecular weight is 326 g/mol. The Morgan fingerprint density at radius 1 is 1.27 bits per heavy atom. The molecule has 0 radical (unpaired) electrons. The van der Waals surface area contributed by atoms with Gasteiger partial charge in [0.1, 0.15) is 5.56 Å². The van der Waals surface area contributed by atoms with E-state index in [4.69, 9.17) is 4.42 Å². The zero-order valence-corrected chi connectivity index (χ0v) is 11.8. The summed E-state index contributed by atoms with van der Waals surface area (Å²) in [6, 6.07) is 5.42. The Balaban J connectivity index is 1.90. The SMILES string of the molecule is O=c1c(C(F)(F)F)cccn1Cc1csc(-c2ccco2)n1. The molecule has 0 saturated heterocycles. The van der Waals surface area contributed by atoms with E-state index in [2.05, 4.69) is 4.98 Å². The molecule has 0 aliphatic heterocycles. The van der Waals surface area contributed by atoms with Crippen LogP contribution in [0.1, 0.15) is 11.3 Å². The van der Waals surface area contributed by atoms with Crippen molar-refractivity contribution in [2.45, 2.75) is 12.7 Å². The normalized spacial score (nSPS) is 11.8. The van der Waals surface area contributed by atoms with E-state index >= 15 is 0 Å². The van der Waals surface area contributed by atoms with Crippen molar-refractivity contribution in [3.8, 4) is 10.8 Å². The molecule has 4 nitrogen and oxygen atoms in total. The number of furan rings is 1. The lowest BCUT2D eigenvalue weighted by Crippen LogP contribution is -2.28. The number of hydrogen-bond donors (Lipinski definition) is 0. The second kappa shape index (κ2) is 5.45. The van der Waals surface area contributed by atoms with Crippen LogP contribution in [0.4, 0.5) is 13.2 Å². The van der Waals surface area contributed by atoms with Crippen LogP contribution in [-0.4, -0.2) is 9.55 Å². The quantitative estimate of drug-likeness (QED) is 0.738. The van der Waals surface area contributed by atoms with Gasteiger partial charge < -0.3 is 8.98 Å². The third-order valence-corrected chi connectivity index (χ3v) is 3.85. The fourth-order valence-corrected chi connectivity index (χ4v) is 2.72. The van der Waals surface area contributed by atoms with Gasteiger partial charge in [-0.1, -0.05) is 0 Å². The predicted molar refractivity (Wildman–Crippen MR) is 74.6 cm³/mol. The molecule has 0 aliphatic carbocycles. The Hall–Kier alpha value is -2.35. The van der Waals surface area contributed by atoms with Gasteiger partial charge in [-0.2, -0.15) is 13.2 Å². The Morgan fingerprint density at radius 2 is 2.09 bits per heavy atom. The van der Waals surface area contributed by atoms with E-state index in [1.807, 2.05) is 0 Å². The highest BCUT2D eigenvalue weighted by molar-refractivity contribution is 7.13. The Morgan fingerprint density at radius 3 is 2.77 bits per heavy atom. The monoisotopic (exact) mass is 326 g/mol. The molecule has 0 N–H and O–H groups in total. The number of hydrogen-bond acceptors (Lipinski definition) is 4. The highest BCUT2D eigenvalue weighted by atomic mass is 32.1. The highest BCUT2D eigenvalue weighted by Crippen LogP contribution is 2.26. The molecule has 0 atom stereocenters. The maximum Gasteiger partial charge on any atom is 0.421 e. The first kappa shape index (κ1) is 14.6. The maximum absolute atomic E-state index is 12.7. The summed E-state index contributed by atoms with van der Waals surface area (Å²) < 4.78 is 44.3. The number of alkyl halides is 3. The van der Waals surface area contributed by atoms with Crippen molar-refractivity contribution >= 4 is 11.3 Å². The van der Waals surface area contributed by atoms with E-state index < -0.39 is 17.3 Å². The molecular formula is C14H9F3N2O2S. The van der Waals surface area contributed by atoms with E-state index in [1.165, 1.54) is 29.9 Å². The summed E-state index contributed by atoms with van der Waals surface area (Å²) in [6.45, 7) is -0.0278. The lowest BCUT2D eigenvalue weighted by atomic mass is 10.2. The van der Waals surface area contributed by atoms with Crippen molar-refractivity contribution in [2.75, 3.05) is 0 Å². The lowest BCUT2D eigenvalue weighted by molar-refractivity contribution is -0.138. The van der Waals surface area contributed by atoms with Crippen LogP contribution in [0, 0.1) is 0 Å². The molecular weight excluding hydrogens is 317 g/mol. The number of aromatic nitrogens is 2. The van der Waals surface area contributed by atoms with E-state index in [9.17, 15) is 18.0 Å². The minimum Gasteiger partial charge on any atom is -0.462 e. The summed E-state index contributed by atoms with van der Waals surface area (Å²) >= 11 is 1.30. The van der Waals surface area contributed by atoms with Crippen molar-refractivity contribution in [2.24, 2.45) is 0 Å². The molecule has 3 aromatic rings. The highest BCUT2D eigenvalue weighted by Gasteiger charge is 2.34. The second-order valence-electron chi connectivity index (χ2n) is 4.47. The van der Waals surface area contributed by atoms with Crippen LogP contribution in [0.5, 0.6) is 0 Å². The number of rotatable bonds is 3. The summed E-state index contributed by atoms with van der Waals surface area (Å²) in [7, 11) is 0. The Bertz CT molecular complexity index is 834. The summed E-state index contributed by atoms with van der Waals surface area (Å²) in [5.74, 6) is 0.577. The third-order valence-electron chi connectivity index (χ3n) is 2.94. The molecule has 22 heavy (non-hydrogen) atoms. The summed E-state index contributed by atoms with van der Waals surface area (Å²) in [5.41, 5.74) is -1.77. The van der Waals surface area contributed by atoms with Gasteiger partial charge in [-0.3, -0.25) is 4.79 Å². The molecule has 0 amide bonds. The summed E-state index contributed by atoms with van der Waals surface area (Å²) in [4.78, 5) is 16.1. The predicted octanol–water partition coefficient (Wildman–Crippen LogP) is 3.63. The van der Waals surface area contributed by atoms with Crippen LogP contribution in [0.2, 0.25) is 0 Å². The van der Waals surface area contributed by atoms with E-state index in [0.717, 1.165) is 10.6 Å². The van der Waals surface area contributed by atoms with Crippen LogP contribution >= 0.6 is 11.3 Å². The smallest absolute Gasteiger partial charge is 0.421 e.